The number of ether oxygens (including phenoxy) is 3. The van der Waals surface area contributed by atoms with Crippen LogP contribution in [0.15, 0.2) is 21.6 Å². The van der Waals surface area contributed by atoms with Gasteiger partial charge in [0.25, 0.3) is 0 Å². The van der Waals surface area contributed by atoms with Gasteiger partial charge in [0.1, 0.15) is 13.2 Å². The molecule has 2 aliphatic heterocycles. The summed E-state index contributed by atoms with van der Waals surface area (Å²) in [6, 6.07) is 3.94. The van der Waals surface area contributed by atoms with Gasteiger partial charge in [-0.2, -0.15) is 0 Å². The maximum atomic E-state index is 6.02. The third kappa shape index (κ3) is 3.41. The molecule has 7 heteroatoms. The van der Waals surface area contributed by atoms with Crippen LogP contribution in [0.25, 0.3) is 0 Å². The van der Waals surface area contributed by atoms with Crippen LogP contribution < -0.4 is 15.2 Å². The Morgan fingerprint density at radius 3 is 2.76 bits per heavy atom. The van der Waals surface area contributed by atoms with Gasteiger partial charge in [0.15, 0.2) is 17.5 Å². The van der Waals surface area contributed by atoms with E-state index in [2.05, 4.69) is 20.9 Å². The van der Waals surface area contributed by atoms with E-state index in [4.69, 9.17) is 19.9 Å². The summed E-state index contributed by atoms with van der Waals surface area (Å²) in [5.41, 5.74) is 7.05. The van der Waals surface area contributed by atoms with Crippen LogP contribution >= 0.6 is 15.9 Å². The molecular formula is C14H18BrN3O3. The lowest BCUT2D eigenvalue weighted by atomic mass is 10.2. The molecule has 0 radical (unpaired) electrons. The number of fused-ring (bicyclic) bond motifs is 1. The second-order valence-corrected chi connectivity index (χ2v) is 5.73. The minimum absolute atomic E-state index is 0.512. The Kier molecular flexibility index (Phi) is 4.50. The molecule has 6 nitrogen and oxygen atoms in total. The van der Waals surface area contributed by atoms with Gasteiger partial charge in [-0.25, -0.2) is 4.99 Å². The van der Waals surface area contributed by atoms with Crippen molar-refractivity contribution in [2.75, 3.05) is 39.5 Å². The van der Waals surface area contributed by atoms with Crippen molar-refractivity contribution < 1.29 is 14.2 Å². The van der Waals surface area contributed by atoms with Gasteiger partial charge < -0.3 is 24.8 Å². The van der Waals surface area contributed by atoms with Gasteiger partial charge in [0.05, 0.1) is 24.2 Å². The number of hydrogen-bond donors (Lipinski definition) is 1. The summed E-state index contributed by atoms with van der Waals surface area (Å²) in [4.78, 5) is 6.49. The van der Waals surface area contributed by atoms with Gasteiger partial charge in [0, 0.05) is 13.1 Å². The fourth-order valence-corrected chi connectivity index (χ4v) is 2.92. The van der Waals surface area contributed by atoms with Gasteiger partial charge in [-0.15, -0.1) is 0 Å². The number of guanidine groups is 1. The molecule has 0 spiro atoms. The van der Waals surface area contributed by atoms with Gasteiger partial charge in [0.2, 0.25) is 0 Å². The first-order valence-corrected chi connectivity index (χ1v) is 7.74. The smallest absolute Gasteiger partial charge is 0.191 e. The summed E-state index contributed by atoms with van der Waals surface area (Å²) in [5, 5.41) is 0. The van der Waals surface area contributed by atoms with Gasteiger partial charge >= 0.3 is 0 Å². The van der Waals surface area contributed by atoms with Crippen molar-refractivity contribution in [3.8, 4) is 11.5 Å². The summed E-state index contributed by atoms with van der Waals surface area (Å²) in [6.45, 7) is 4.64. The predicted octanol–water partition coefficient (Wildman–Crippen LogP) is 1.37. The number of nitrogens with two attached hydrogens (primary N) is 1. The first kappa shape index (κ1) is 14.5. The third-order valence-electron chi connectivity index (χ3n) is 3.42. The van der Waals surface area contributed by atoms with E-state index in [0.717, 1.165) is 34.6 Å². The molecule has 1 fully saturated rings. The Labute approximate surface area is 132 Å². The Morgan fingerprint density at radius 1 is 1.19 bits per heavy atom. The Hall–Kier alpha value is -1.47. The molecule has 114 valence electrons. The summed E-state index contributed by atoms with van der Waals surface area (Å²) < 4.78 is 17.4. The Bertz CT molecular complexity index is 545. The highest BCUT2D eigenvalue weighted by molar-refractivity contribution is 9.10. The van der Waals surface area contributed by atoms with Crippen molar-refractivity contribution in [2.45, 2.75) is 6.54 Å². The topological polar surface area (TPSA) is 69.3 Å². The largest absolute Gasteiger partial charge is 0.486 e. The fourth-order valence-electron chi connectivity index (χ4n) is 2.32. The number of halogens is 1. The molecule has 1 saturated heterocycles. The van der Waals surface area contributed by atoms with Gasteiger partial charge in [-0.05, 0) is 33.6 Å². The van der Waals surface area contributed by atoms with Crippen LogP contribution in [-0.2, 0) is 11.3 Å². The molecule has 0 aliphatic carbocycles. The highest BCUT2D eigenvalue weighted by Gasteiger charge is 2.16. The highest BCUT2D eigenvalue weighted by atomic mass is 79.9. The number of rotatable bonds is 2. The number of aliphatic imine (C=N–C) groups is 1. The second kappa shape index (κ2) is 6.53. The van der Waals surface area contributed by atoms with Gasteiger partial charge in [-0.1, -0.05) is 0 Å². The zero-order valence-electron chi connectivity index (χ0n) is 11.7. The molecule has 0 amide bonds. The van der Waals surface area contributed by atoms with Crippen molar-refractivity contribution in [2.24, 2.45) is 10.7 Å². The molecule has 0 aromatic heterocycles. The average Bonchev–Trinajstić information content (AvgIpc) is 2.53. The molecule has 0 atom stereocenters. The van der Waals surface area contributed by atoms with Crippen LogP contribution in [0.1, 0.15) is 5.56 Å². The molecule has 2 N–H and O–H groups in total. The van der Waals surface area contributed by atoms with Crippen LogP contribution in [-0.4, -0.2) is 50.4 Å². The van der Waals surface area contributed by atoms with E-state index in [1.165, 1.54) is 0 Å². The zero-order chi connectivity index (χ0) is 14.7. The van der Waals surface area contributed by atoms with Crippen LogP contribution in [0, 0.1) is 0 Å². The predicted molar refractivity (Wildman–Crippen MR) is 82.9 cm³/mol. The Morgan fingerprint density at radius 2 is 1.95 bits per heavy atom. The number of benzene rings is 1. The maximum Gasteiger partial charge on any atom is 0.191 e. The van der Waals surface area contributed by atoms with Crippen LogP contribution in [0.3, 0.4) is 0 Å². The van der Waals surface area contributed by atoms with Crippen molar-refractivity contribution in [3.05, 3.63) is 22.2 Å². The lowest BCUT2D eigenvalue weighted by molar-refractivity contribution is 0.0674. The van der Waals surface area contributed by atoms with E-state index in [1.54, 1.807) is 0 Å². The Balaban J connectivity index is 1.71. The quantitative estimate of drug-likeness (QED) is 0.640. The third-order valence-corrected chi connectivity index (χ3v) is 4.00. The molecule has 2 aliphatic rings. The molecule has 0 unspecified atom stereocenters. The zero-order valence-corrected chi connectivity index (χ0v) is 13.3. The summed E-state index contributed by atoms with van der Waals surface area (Å²) >= 11 is 3.50. The summed E-state index contributed by atoms with van der Waals surface area (Å²) in [7, 11) is 0. The fraction of sp³-hybridized carbons (Fsp3) is 0.500. The molecule has 0 bridgehead atoms. The van der Waals surface area contributed by atoms with E-state index in [1.807, 2.05) is 17.0 Å². The SMILES string of the molecule is NC(=NCc1cc(Br)c2c(c1)OCCO2)N1CCOCC1. The minimum atomic E-state index is 0.512. The van der Waals surface area contributed by atoms with Crippen LogP contribution in [0.4, 0.5) is 0 Å². The lowest BCUT2D eigenvalue weighted by Gasteiger charge is -2.27. The van der Waals surface area contributed by atoms with Crippen LogP contribution in [0.2, 0.25) is 0 Å². The summed E-state index contributed by atoms with van der Waals surface area (Å²) in [5.74, 6) is 2.07. The number of nitrogens with zero attached hydrogens (tertiary/aromatic N) is 2. The minimum Gasteiger partial charge on any atom is -0.486 e. The standard InChI is InChI=1S/C14H18BrN3O3/c15-11-7-10(8-12-13(11)21-6-5-20-12)9-17-14(16)18-1-3-19-4-2-18/h7-8H,1-6,9H2,(H2,16,17). The van der Waals surface area contributed by atoms with E-state index in [-0.39, 0.29) is 0 Å². The first-order valence-electron chi connectivity index (χ1n) is 6.94. The monoisotopic (exact) mass is 355 g/mol. The molecular weight excluding hydrogens is 338 g/mol. The molecule has 0 saturated carbocycles. The van der Waals surface area contributed by atoms with E-state index in [0.29, 0.717) is 38.9 Å². The molecule has 3 rings (SSSR count). The molecule has 21 heavy (non-hydrogen) atoms. The van der Waals surface area contributed by atoms with Crippen molar-refractivity contribution in [1.29, 1.82) is 0 Å². The van der Waals surface area contributed by atoms with Crippen molar-refractivity contribution in [3.63, 3.8) is 0 Å². The van der Waals surface area contributed by atoms with E-state index < -0.39 is 0 Å². The summed E-state index contributed by atoms with van der Waals surface area (Å²) in [6.07, 6.45) is 0. The van der Waals surface area contributed by atoms with E-state index in [9.17, 15) is 0 Å². The number of morpholine rings is 1. The molecule has 1 aromatic carbocycles. The van der Waals surface area contributed by atoms with E-state index >= 15 is 0 Å². The molecule has 1 aromatic rings. The average molecular weight is 356 g/mol. The second-order valence-electron chi connectivity index (χ2n) is 4.88. The number of hydrogen-bond acceptors (Lipinski definition) is 4. The van der Waals surface area contributed by atoms with Crippen molar-refractivity contribution >= 4 is 21.9 Å². The maximum absolute atomic E-state index is 6.02. The lowest BCUT2D eigenvalue weighted by Crippen LogP contribution is -2.44. The normalized spacial score (nSPS) is 18.7. The first-order chi connectivity index (χ1) is 10.2. The highest BCUT2D eigenvalue weighted by Crippen LogP contribution is 2.38. The van der Waals surface area contributed by atoms with Crippen molar-refractivity contribution in [1.82, 2.24) is 4.90 Å². The van der Waals surface area contributed by atoms with Gasteiger partial charge in [-0.3, -0.25) is 0 Å². The van der Waals surface area contributed by atoms with Crippen LogP contribution in [0.5, 0.6) is 11.5 Å². The molecule has 2 heterocycles.